The molecule has 0 aliphatic carbocycles. The molecule has 0 saturated carbocycles. The van der Waals surface area contributed by atoms with E-state index in [2.05, 4.69) is 4.74 Å². The maximum Gasteiger partial charge on any atom is 0.330 e. The number of benzene rings is 1. The van der Waals surface area contributed by atoms with Gasteiger partial charge >= 0.3 is 5.97 Å². The molecule has 0 aliphatic heterocycles. The van der Waals surface area contributed by atoms with E-state index < -0.39 is 5.97 Å². The molecule has 0 fully saturated rings. The molecule has 4 heteroatoms. The van der Waals surface area contributed by atoms with Crippen LogP contribution < -0.4 is 0 Å². The molecule has 1 aromatic heterocycles. The highest BCUT2D eigenvalue weighted by atomic mass is 16.5. The van der Waals surface area contributed by atoms with Gasteiger partial charge in [-0.2, -0.15) is 0 Å². The molecule has 0 N–H and O–H groups in total. The van der Waals surface area contributed by atoms with Gasteiger partial charge < -0.3 is 9.30 Å². The highest BCUT2D eigenvalue weighted by Gasteiger charge is 2.11. The lowest BCUT2D eigenvalue weighted by Crippen LogP contribution is -1.98. The van der Waals surface area contributed by atoms with Crippen LogP contribution in [0.2, 0.25) is 0 Å². The van der Waals surface area contributed by atoms with Gasteiger partial charge in [0.2, 0.25) is 0 Å². The van der Waals surface area contributed by atoms with Crippen molar-refractivity contribution in [3.8, 4) is 0 Å². The second-order valence-corrected chi connectivity index (χ2v) is 3.89. The number of carbonyl (C=O) groups is 2. The number of carbonyl (C=O) groups excluding carboxylic acids is 2. The van der Waals surface area contributed by atoms with E-state index in [9.17, 15) is 9.59 Å². The summed E-state index contributed by atoms with van der Waals surface area (Å²) in [7, 11) is 3.15. The molecule has 4 nitrogen and oxygen atoms in total. The zero-order valence-electron chi connectivity index (χ0n) is 10.2. The first kappa shape index (κ1) is 12.1. The standard InChI is InChI=1S/C14H13NO3/c1-15-9-11(10-5-3-4-6-12(10)15)13(16)7-8-14(17)18-2/h3-9H,1-2H3/b8-7+. The van der Waals surface area contributed by atoms with Crippen LogP contribution in [0.5, 0.6) is 0 Å². The summed E-state index contributed by atoms with van der Waals surface area (Å²) in [6, 6.07) is 7.62. The van der Waals surface area contributed by atoms with Crippen LogP contribution in [0.15, 0.2) is 42.6 Å². The predicted octanol–water partition coefficient (Wildman–Crippen LogP) is 2.09. The lowest BCUT2D eigenvalue weighted by Gasteiger charge is -1.94. The molecule has 0 aliphatic rings. The Morgan fingerprint density at radius 2 is 1.94 bits per heavy atom. The molecule has 0 saturated heterocycles. The van der Waals surface area contributed by atoms with Crippen molar-refractivity contribution >= 4 is 22.7 Å². The summed E-state index contributed by atoms with van der Waals surface area (Å²) in [6.45, 7) is 0. The number of esters is 1. The maximum atomic E-state index is 12.0. The van der Waals surface area contributed by atoms with Crippen LogP contribution in [0.1, 0.15) is 10.4 Å². The first-order valence-corrected chi connectivity index (χ1v) is 5.48. The number of para-hydroxylation sites is 1. The van der Waals surface area contributed by atoms with Crippen LogP contribution >= 0.6 is 0 Å². The second-order valence-electron chi connectivity index (χ2n) is 3.89. The molecular formula is C14H13NO3. The van der Waals surface area contributed by atoms with Crippen LogP contribution in [0, 0.1) is 0 Å². The fourth-order valence-corrected chi connectivity index (χ4v) is 1.84. The third-order valence-corrected chi connectivity index (χ3v) is 2.73. The number of ketones is 1. The van der Waals surface area contributed by atoms with Crippen molar-refractivity contribution in [1.82, 2.24) is 4.57 Å². The summed E-state index contributed by atoms with van der Waals surface area (Å²) in [6.07, 6.45) is 4.12. The molecule has 92 valence electrons. The number of allylic oxidation sites excluding steroid dienone is 1. The van der Waals surface area contributed by atoms with E-state index in [1.807, 2.05) is 35.9 Å². The van der Waals surface area contributed by atoms with E-state index in [4.69, 9.17) is 0 Å². The van der Waals surface area contributed by atoms with E-state index in [1.165, 1.54) is 13.2 Å². The number of rotatable bonds is 3. The third-order valence-electron chi connectivity index (χ3n) is 2.73. The summed E-state index contributed by atoms with van der Waals surface area (Å²) in [5.74, 6) is -0.749. The molecule has 1 aromatic carbocycles. The van der Waals surface area contributed by atoms with Crippen molar-refractivity contribution in [3.63, 3.8) is 0 Å². The molecule has 0 bridgehead atoms. The van der Waals surface area contributed by atoms with Gasteiger partial charge in [0.1, 0.15) is 0 Å². The van der Waals surface area contributed by atoms with E-state index in [0.717, 1.165) is 17.0 Å². The van der Waals surface area contributed by atoms with Crippen molar-refractivity contribution in [2.45, 2.75) is 0 Å². The Hall–Kier alpha value is -2.36. The molecule has 0 atom stereocenters. The Morgan fingerprint density at radius 1 is 1.22 bits per heavy atom. The SMILES string of the molecule is COC(=O)/C=C/C(=O)c1cn(C)c2ccccc12. The van der Waals surface area contributed by atoms with Gasteiger partial charge in [-0.25, -0.2) is 4.79 Å². The van der Waals surface area contributed by atoms with Gasteiger partial charge in [0.25, 0.3) is 0 Å². The largest absolute Gasteiger partial charge is 0.466 e. The van der Waals surface area contributed by atoms with E-state index in [1.54, 1.807) is 6.20 Å². The molecule has 1 heterocycles. The Kier molecular flexibility index (Phi) is 3.28. The number of aromatic nitrogens is 1. The minimum Gasteiger partial charge on any atom is -0.466 e. The fourth-order valence-electron chi connectivity index (χ4n) is 1.84. The van der Waals surface area contributed by atoms with Gasteiger partial charge in [0.05, 0.1) is 7.11 Å². The third kappa shape index (κ3) is 2.18. The van der Waals surface area contributed by atoms with Crippen LogP contribution in [0.3, 0.4) is 0 Å². The van der Waals surface area contributed by atoms with Gasteiger partial charge in [-0.05, 0) is 12.1 Å². The average Bonchev–Trinajstić information content (AvgIpc) is 2.74. The molecule has 0 amide bonds. The summed E-state index contributed by atoms with van der Waals surface area (Å²) in [5, 5.41) is 0.875. The highest BCUT2D eigenvalue weighted by Crippen LogP contribution is 2.20. The smallest absolute Gasteiger partial charge is 0.330 e. The number of hydrogen-bond acceptors (Lipinski definition) is 3. The van der Waals surface area contributed by atoms with Crippen molar-refractivity contribution < 1.29 is 14.3 Å². The molecular weight excluding hydrogens is 230 g/mol. The van der Waals surface area contributed by atoms with Gasteiger partial charge in [0, 0.05) is 35.8 Å². The first-order valence-electron chi connectivity index (χ1n) is 5.48. The van der Waals surface area contributed by atoms with Crippen molar-refractivity contribution in [1.29, 1.82) is 0 Å². The van der Waals surface area contributed by atoms with Crippen molar-refractivity contribution in [2.75, 3.05) is 7.11 Å². The zero-order valence-corrected chi connectivity index (χ0v) is 10.2. The highest BCUT2D eigenvalue weighted by molar-refractivity contribution is 6.14. The number of hydrogen-bond donors (Lipinski definition) is 0. The lowest BCUT2D eigenvalue weighted by molar-refractivity contribution is -0.134. The lowest BCUT2D eigenvalue weighted by atomic mass is 10.1. The van der Waals surface area contributed by atoms with Gasteiger partial charge in [0.15, 0.2) is 5.78 Å². The molecule has 2 rings (SSSR count). The second kappa shape index (κ2) is 4.87. The van der Waals surface area contributed by atoms with Crippen molar-refractivity contribution in [2.24, 2.45) is 7.05 Å². The minimum atomic E-state index is -0.538. The Balaban J connectivity index is 2.40. The molecule has 18 heavy (non-hydrogen) atoms. The van der Waals surface area contributed by atoms with Gasteiger partial charge in [-0.1, -0.05) is 18.2 Å². The quantitative estimate of drug-likeness (QED) is 0.471. The molecule has 0 radical (unpaired) electrons. The first-order chi connectivity index (χ1) is 8.63. The molecule has 0 unspecified atom stereocenters. The Morgan fingerprint density at radius 3 is 2.67 bits per heavy atom. The van der Waals surface area contributed by atoms with Gasteiger partial charge in [-0.3, -0.25) is 4.79 Å². The number of fused-ring (bicyclic) bond motifs is 1. The maximum absolute atomic E-state index is 12.0. The monoisotopic (exact) mass is 243 g/mol. The number of methoxy groups -OCH3 is 1. The summed E-state index contributed by atoms with van der Waals surface area (Å²) >= 11 is 0. The topological polar surface area (TPSA) is 48.3 Å². The summed E-state index contributed by atoms with van der Waals surface area (Å²) in [5.41, 5.74) is 1.56. The van der Waals surface area contributed by atoms with Crippen LogP contribution in [0.25, 0.3) is 10.9 Å². The van der Waals surface area contributed by atoms with Crippen LogP contribution in [-0.2, 0) is 16.6 Å². The number of ether oxygens (including phenoxy) is 1. The molecule has 2 aromatic rings. The summed E-state index contributed by atoms with van der Waals surface area (Å²) in [4.78, 5) is 22.9. The van der Waals surface area contributed by atoms with E-state index >= 15 is 0 Å². The number of nitrogens with zero attached hydrogens (tertiary/aromatic N) is 1. The Labute approximate surface area is 104 Å². The van der Waals surface area contributed by atoms with Gasteiger partial charge in [-0.15, -0.1) is 0 Å². The fraction of sp³-hybridized carbons (Fsp3) is 0.143. The molecule has 0 spiro atoms. The van der Waals surface area contributed by atoms with E-state index in [0.29, 0.717) is 5.56 Å². The number of aryl methyl sites for hydroxylation is 1. The van der Waals surface area contributed by atoms with Crippen molar-refractivity contribution in [3.05, 3.63) is 48.2 Å². The zero-order chi connectivity index (χ0) is 13.1. The Bertz CT molecular complexity index is 638. The average molecular weight is 243 g/mol. The van der Waals surface area contributed by atoms with Crippen LogP contribution in [-0.4, -0.2) is 23.4 Å². The van der Waals surface area contributed by atoms with E-state index in [-0.39, 0.29) is 5.78 Å². The summed E-state index contributed by atoms with van der Waals surface area (Å²) < 4.78 is 6.33. The minimum absolute atomic E-state index is 0.211. The predicted molar refractivity (Wildman–Crippen MR) is 68.4 cm³/mol. The van der Waals surface area contributed by atoms with Crippen LogP contribution in [0.4, 0.5) is 0 Å². The normalized spacial score (nSPS) is 11.0.